The first-order valence-electron chi connectivity index (χ1n) is 6.40. The van der Waals surface area contributed by atoms with Gasteiger partial charge in [-0.25, -0.2) is 0 Å². The largest absolute Gasteiger partial charge is 0.487 e. The number of benzene rings is 1. The zero-order valence-corrected chi connectivity index (χ0v) is 12.4. The van der Waals surface area contributed by atoms with Crippen molar-refractivity contribution in [3.8, 4) is 5.75 Å². The number of halogens is 1. The van der Waals surface area contributed by atoms with E-state index in [1.807, 2.05) is 19.9 Å². The van der Waals surface area contributed by atoms with Gasteiger partial charge >= 0.3 is 5.69 Å². The lowest BCUT2D eigenvalue weighted by atomic mass is 10.1. The number of hydrogen-bond acceptors (Lipinski definition) is 3. The minimum atomic E-state index is -0.391. The van der Waals surface area contributed by atoms with Crippen LogP contribution in [-0.2, 0) is 0 Å². The van der Waals surface area contributed by atoms with Crippen molar-refractivity contribution >= 4 is 17.3 Å². The molecule has 0 N–H and O–H groups in total. The summed E-state index contributed by atoms with van der Waals surface area (Å²) in [6.07, 6.45) is 1.77. The smallest absolute Gasteiger partial charge is 0.311 e. The maximum atomic E-state index is 11.0. The molecule has 0 aliphatic rings. The van der Waals surface area contributed by atoms with Crippen LogP contribution in [0.1, 0.15) is 30.9 Å². The van der Waals surface area contributed by atoms with Crippen LogP contribution in [0.2, 0.25) is 0 Å². The average Bonchev–Trinajstić information content (AvgIpc) is 2.31. The van der Waals surface area contributed by atoms with Gasteiger partial charge in [0.15, 0.2) is 5.75 Å². The summed E-state index contributed by atoms with van der Waals surface area (Å²) in [7, 11) is 0. The zero-order chi connectivity index (χ0) is 14.4. The fraction of sp³-hybridized carbons (Fsp3) is 0.571. The Morgan fingerprint density at radius 1 is 1.37 bits per heavy atom. The van der Waals surface area contributed by atoms with E-state index in [1.54, 1.807) is 6.07 Å². The molecule has 0 radical (unpaired) electrons. The van der Waals surface area contributed by atoms with Crippen LogP contribution in [-0.4, -0.2) is 17.4 Å². The Labute approximate surface area is 118 Å². The lowest BCUT2D eigenvalue weighted by Crippen LogP contribution is -2.07. The third kappa shape index (κ3) is 4.71. The molecule has 0 fully saturated rings. The van der Waals surface area contributed by atoms with Crippen LogP contribution in [0.4, 0.5) is 5.69 Å². The lowest BCUT2D eigenvalue weighted by molar-refractivity contribution is -0.386. The number of nitrogens with zero attached hydrogens (tertiary/aromatic N) is 1. The van der Waals surface area contributed by atoms with Crippen LogP contribution in [0.3, 0.4) is 0 Å². The number of aryl methyl sites for hydroxylation is 2. The molecule has 1 aromatic rings. The molecule has 0 aliphatic carbocycles. The van der Waals surface area contributed by atoms with Crippen molar-refractivity contribution in [3.05, 3.63) is 33.4 Å². The van der Waals surface area contributed by atoms with Crippen molar-refractivity contribution in [2.24, 2.45) is 5.92 Å². The number of alkyl halides is 1. The second-order valence-electron chi connectivity index (χ2n) is 4.91. The first-order chi connectivity index (χ1) is 8.95. The molecule has 0 amide bonds. The van der Waals surface area contributed by atoms with E-state index in [1.165, 1.54) is 0 Å². The molecule has 0 heterocycles. The summed E-state index contributed by atoms with van der Waals surface area (Å²) in [4.78, 5) is 10.6. The summed E-state index contributed by atoms with van der Waals surface area (Å²) in [5.74, 6) is 1.47. The molecular weight excluding hydrogens is 266 g/mol. The highest BCUT2D eigenvalue weighted by molar-refractivity contribution is 6.17. The Bertz CT molecular complexity index is 449. The van der Waals surface area contributed by atoms with E-state index in [-0.39, 0.29) is 5.69 Å². The van der Waals surface area contributed by atoms with Gasteiger partial charge in [-0.1, -0.05) is 13.0 Å². The van der Waals surface area contributed by atoms with Crippen molar-refractivity contribution in [1.82, 2.24) is 0 Å². The standard InChI is InChI=1S/C14H20ClNO3/c1-10(4-6-15)5-7-19-14-12(3)8-11(2)9-13(14)16(17)18/h8-10H,4-7H2,1-3H3. The minimum Gasteiger partial charge on any atom is -0.487 e. The van der Waals surface area contributed by atoms with Crippen molar-refractivity contribution in [2.45, 2.75) is 33.6 Å². The van der Waals surface area contributed by atoms with Crippen molar-refractivity contribution in [2.75, 3.05) is 12.5 Å². The van der Waals surface area contributed by atoms with Gasteiger partial charge in [0.25, 0.3) is 0 Å². The van der Waals surface area contributed by atoms with Crippen molar-refractivity contribution in [1.29, 1.82) is 0 Å². The summed E-state index contributed by atoms with van der Waals surface area (Å²) in [6, 6.07) is 3.44. The third-order valence-electron chi connectivity index (χ3n) is 3.06. The van der Waals surface area contributed by atoms with E-state index in [9.17, 15) is 10.1 Å². The normalized spacial score (nSPS) is 12.2. The Hall–Kier alpha value is -1.29. The van der Waals surface area contributed by atoms with Gasteiger partial charge in [0.1, 0.15) is 0 Å². The molecule has 0 bridgehead atoms. The predicted octanol–water partition coefficient (Wildman–Crippen LogP) is 4.25. The highest BCUT2D eigenvalue weighted by atomic mass is 35.5. The topological polar surface area (TPSA) is 52.4 Å². The van der Waals surface area contributed by atoms with Crippen LogP contribution in [0, 0.1) is 29.9 Å². The fourth-order valence-corrected chi connectivity index (χ4v) is 2.32. The molecule has 1 aromatic carbocycles. The number of nitro groups is 1. The van der Waals surface area contributed by atoms with Gasteiger partial charge in [-0.05, 0) is 43.7 Å². The molecule has 4 nitrogen and oxygen atoms in total. The molecule has 1 unspecified atom stereocenters. The van der Waals surface area contributed by atoms with Gasteiger partial charge < -0.3 is 4.74 Å². The van der Waals surface area contributed by atoms with Gasteiger partial charge in [-0.15, -0.1) is 11.6 Å². The zero-order valence-electron chi connectivity index (χ0n) is 11.6. The molecule has 0 spiro atoms. The van der Waals surface area contributed by atoms with Crippen LogP contribution in [0.15, 0.2) is 12.1 Å². The van der Waals surface area contributed by atoms with E-state index >= 15 is 0 Å². The van der Waals surface area contributed by atoms with Gasteiger partial charge in [0, 0.05) is 11.9 Å². The average molecular weight is 286 g/mol. The Kier molecular flexibility index (Phi) is 6.09. The van der Waals surface area contributed by atoms with Crippen LogP contribution < -0.4 is 4.74 Å². The third-order valence-corrected chi connectivity index (χ3v) is 3.27. The molecule has 1 atom stereocenters. The van der Waals surface area contributed by atoms with Gasteiger partial charge in [-0.3, -0.25) is 10.1 Å². The van der Waals surface area contributed by atoms with Gasteiger partial charge in [0.05, 0.1) is 11.5 Å². The van der Waals surface area contributed by atoms with Crippen LogP contribution in [0.5, 0.6) is 5.75 Å². The van der Waals surface area contributed by atoms with E-state index in [4.69, 9.17) is 16.3 Å². The number of ether oxygens (including phenoxy) is 1. The second-order valence-corrected chi connectivity index (χ2v) is 5.29. The molecular formula is C14H20ClNO3. The fourth-order valence-electron chi connectivity index (χ4n) is 1.95. The maximum absolute atomic E-state index is 11.0. The van der Waals surface area contributed by atoms with Crippen LogP contribution >= 0.6 is 11.6 Å². The summed E-state index contributed by atoms with van der Waals surface area (Å²) in [5.41, 5.74) is 1.71. The highest BCUT2D eigenvalue weighted by Gasteiger charge is 2.18. The Morgan fingerprint density at radius 2 is 2.05 bits per heavy atom. The van der Waals surface area contributed by atoms with E-state index in [0.29, 0.717) is 24.2 Å². The highest BCUT2D eigenvalue weighted by Crippen LogP contribution is 2.32. The minimum absolute atomic E-state index is 0.0440. The molecule has 0 aromatic heterocycles. The Morgan fingerprint density at radius 3 is 2.63 bits per heavy atom. The molecule has 106 valence electrons. The number of nitro benzene ring substituents is 1. The molecule has 0 saturated carbocycles. The van der Waals surface area contributed by atoms with E-state index in [0.717, 1.165) is 24.0 Å². The molecule has 5 heteroatoms. The lowest BCUT2D eigenvalue weighted by Gasteiger charge is -2.13. The van der Waals surface area contributed by atoms with Gasteiger partial charge in [-0.2, -0.15) is 0 Å². The summed E-state index contributed by atoms with van der Waals surface area (Å²) >= 11 is 5.67. The molecule has 19 heavy (non-hydrogen) atoms. The SMILES string of the molecule is Cc1cc(C)c(OCCC(C)CCCl)c([N+](=O)[O-])c1. The van der Waals surface area contributed by atoms with E-state index < -0.39 is 4.92 Å². The van der Waals surface area contributed by atoms with Gasteiger partial charge in [0.2, 0.25) is 0 Å². The van der Waals surface area contributed by atoms with Crippen molar-refractivity contribution < 1.29 is 9.66 Å². The van der Waals surface area contributed by atoms with Crippen molar-refractivity contribution in [3.63, 3.8) is 0 Å². The van der Waals surface area contributed by atoms with E-state index in [2.05, 4.69) is 6.92 Å². The summed E-state index contributed by atoms with van der Waals surface area (Å²) in [6.45, 7) is 6.24. The first kappa shape index (κ1) is 15.8. The maximum Gasteiger partial charge on any atom is 0.311 e. The van der Waals surface area contributed by atoms with Crippen LogP contribution in [0.25, 0.3) is 0 Å². The number of hydrogen-bond donors (Lipinski definition) is 0. The quantitative estimate of drug-likeness (QED) is 0.427. The summed E-state index contributed by atoms with van der Waals surface area (Å²) in [5, 5.41) is 11.0. The molecule has 0 aliphatic heterocycles. The Balaban J connectivity index is 2.75. The predicted molar refractivity (Wildman–Crippen MR) is 77.2 cm³/mol. The first-order valence-corrected chi connectivity index (χ1v) is 6.93. The second kappa shape index (κ2) is 7.34. The molecule has 1 rings (SSSR count). The molecule has 0 saturated heterocycles. The number of rotatable bonds is 7. The monoisotopic (exact) mass is 285 g/mol. The summed E-state index contributed by atoms with van der Waals surface area (Å²) < 4.78 is 5.62.